The van der Waals surface area contributed by atoms with Gasteiger partial charge in [-0.2, -0.15) is 0 Å². The molecule has 1 saturated heterocycles. The molecular formula is C21H26N2O3. The molecule has 0 aromatic heterocycles. The smallest absolute Gasteiger partial charge is 0.227 e. The first kappa shape index (κ1) is 18.3. The molecule has 0 saturated carbocycles. The number of carbonyl (C=O) groups is 1. The van der Waals surface area contributed by atoms with Crippen molar-refractivity contribution >= 4 is 5.91 Å². The van der Waals surface area contributed by atoms with Crippen LogP contribution in [0.5, 0.6) is 11.5 Å². The minimum atomic E-state index is 0.165. The van der Waals surface area contributed by atoms with Crippen LogP contribution in [0.25, 0.3) is 0 Å². The van der Waals surface area contributed by atoms with Gasteiger partial charge in [-0.3, -0.25) is 9.69 Å². The number of piperazine rings is 1. The maximum atomic E-state index is 12.6. The van der Waals surface area contributed by atoms with Gasteiger partial charge in [0.05, 0.1) is 20.6 Å². The van der Waals surface area contributed by atoms with E-state index in [0.717, 1.165) is 49.8 Å². The largest absolute Gasteiger partial charge is 0.497 e. The van der Waals surface area contributed by atoms with Crippen molar-refractivity contribution in [1.29, 1.82) is 0 Å². The lowest BCUT2D eigenvalue weighted by Gasteiger charge is -2.35. The maximum absolute atomic E-state index is 12.6. The summed E-state index contributed by atoms with van der Waals surface area (Å²) in [5.74, 6) is 1.82. The van der Waals surface area contributed by atoms with Gasteiger partial charge in [0.1, 0.15) is 11.5 Å². The molecule has 5 heteroatoms. The molecule has 5 nitrogen and oxygen atoms in total. The fraction of sp³-hybridized carbons (Fsp3) is 0.381. The number of methoxy groups -OCH3 is 2. The number of rotatable bonds is 6. The zero-order valence-electron chi connectivity index (χ0n) is 15.5. The van der Waals surface area contributed by atoms with E-state index in [9.17, 15) is 4.79 Å². The van der Waals surface area contributed by atoms with Gasteiger partial charge in [0, 0.05) is 38.3 Å². The number of benzene rings is 2. The fourth-order valence-corrected chi connectivity index (χ4v) is 3.27. The van der Waals surface area contributed by atoms with Gasteiger partial charge in [0.2, 0.25) is 5.91 Å². The molecule has 0 radical (unpaired) electrons. The Hall–Kier alpha value is -2.53. The summed E-state index contributed by atoms with van der Waals surface area (Å²) in [5.41, 5.74) is 2.21. The summed E-state index contributed by atoms with van der Waals surface area (Å²) in [6.45, 7) is 4.22. The van der Waals surface area contributed by atoms with Crippen LogP contribution < -0.4 is 9.47 Å². The maximum Gasteiger partial charge on any atom is 0.227 e. The Morgan fingerprint density at radius 2 is 1.62 bits per heavy atom. The van der Waals surface area contributed by atoms with E-state index in [-0.39, 0.29) is 5.91 Å². The highest BCUT2D eigenvalue weighted by Gasteiger charge is 2.22. The van der Waals surface area contributed by atoms with Crippen LogP contribution >= 0.6 is 0 Å². The number of carbonyl (C=O) groups excluding carboxylic acids is 1. The standard InChI is InChI=1S/C21H26N2O3/c1-25-19-9-7-17(8-10-19)16-22-11-13-23(14-12-22)21(24)15-18-5-3-4-6-20(18)26-2/h3-10H,11-16H2,1-2H3. The average Bonchev–Trinajstić information content (AvgIpc) is 2.69. The van der Waals surface area contributed by atoms with Gasteiger partial charge >= 0.3 is 0 Å². The van der Waals surface area contributed by atoms with Crippen molar-refractivity contribution < 1.29 is 14.3 Å². The molecule has 1 fully saturated rings. The van der Waals surface area contributed by atoms with Crippen molar-refractivity contribution in [2.75, 3.05) is 40.4 Å². The van der Waals surface area contributed by atoms with Crippen LogP contribution in [-0.4, -0.2) is 56.1 Å². The number of amides is 1. The minimum absolute atomic E-state index is 0.165. The van der Waals surface area contributed by atoms with Gasteiger partial charge in [-0.15, -0.1) is 0 Å². The normalized spacial score (nSPS) is 14.9. The first-order chi connectivity index (χ1) is 12.7. The number of hydrogen-bond donors (Lipinski definition) is 0. The van der Waals surface area contributed by atoms with Gasteiger partial charge in [-0.1, -0.05) is 30.3 Å². The van der Waals surface area contributed by atoms with Crippen LogP contribution in [0.1, 0.15) is 11.1 Å². The lowest BCUT2D eigenvalue weighted by Crippen LogP contribution is -2.48. The second kappa shape index (κ2) is 8.72. The second-order valence-electron chi connectivity index (χ2n) is 6.49. The number of nitrogens with zero attached hydrogens (tertiary/aromatic N) is 2. The number of hydrogen-bond acceptors (Lipinski definition) is 4. The lowest BCUT2D eigenvalue weighted by atomic mass is 10.1. The third-order valence-corrected chi connectivity index (χ3v) is 4.82. The summed E-state index contributed by atoms with van der Waals surface area (Å²) in [6, 6.07) is 15.9. The van der Waals surface area contributed by atoms with Gasteiger partial charge in [-0.25, -0.2) is 0 Å². The predicted octanol–water partition coefficient (Wildman–Crippen LogP) is 2.59. The molecule has 1 aliphatic rings. The number of para-hydroxylation sites is 1. The van der Waals surface area contributed by atoms with E-state index < -0.39 is 0 Å². The Kier molecular flexibility index (Phi) is 6.12. The summed E-state index contributed by atoms with van der Waals surface area (Å²) in [4.78, 5) is 16.9. The highest BCUT2D eigenvalue weighted by atomic mass is 16.5. The average molecular weight is 354 g/mol. The highest BCUT2D eigenvalue weighted by molar-refractivity contribution is 5.79. The third kappa shape index (κ3) is 4.55. The molecule has 0 unspecified atom stereocenters. The fourth-order valence-electron chi connectivity index (χ4n) is 3.27. The second-order valence-corrected chi connectivity index (χ2v) is 6.49. The number of ether oxygens (including phenoxy) is 2. The molecule has 2 aromatic rings. The lowest BCUT2D eigenvalue weighted by molar-refractivity contribution is -0.132. The molecule has 1 amide bonds. The van der Waals surface area contributed by atoms with Crippen molar-refractivity contribution in [1.82, 2.24) is 9.80 Å². The van der Waals surface area contributed by atoms with Crippen molar-refractivity contribution in [2.24, 2.45) is 0 Å². The van der Waals surface area contributed by atoms with E-state index in [1.165, 1.54) is 5.56 Å². The van der Waals surface area contributed by atoms with E-state index in [4.69, 9.17) is 9.47 Å². The minimum Gasteiger partial charge on any atom is -0.497 e. The van der Waals surface area contributed by atoms with E-state index in [1.54, 1.807) is 14.2 Å². The topological polar surface area (TPSA) is 42.0 Å². The predicted molar refractivity (Wildman–Crippen MR) is 102 cm³/mol. The molecule has 3 rings (SSSR count). The van der Waals surface area contributed by atoms with Crippen LogP contribution in [0.3, 0.4) is 0 Å². The molecule has 138 valence electrons. The molecule has 1 heterocycles. The zero-order valence-corrected chi connectivity index (χ0v) is 15.5. The Morgan fingerprint density at radius 3 is 2.27 bits per heavy atom. The molecule has 1 aliphatic heterocycles. The Balaban J connectivity index is 1.50. The van der Waals surface area contributed by atoms with Crippen molar-refractivity contribution in [3.05, 3.63) is 59.7 Å². The molecule has 0 atom stereocenters. The molecule has 0 N–H and O–H groups in total. The monoisotopic (exact) mass is 354 g/mol. The van der Waals surface area contributed by atoms with Crippen molar-refractivity contribution in [3.63, 3.8) is 0 Å². The molecule has 2 aromatic carbocycles. The van der Waals surface area contributed by atoms with Gasteiger partial charge in [0.25, 0.3) is 0 Å². The Labute approximate surface area is 155 Å². The van der Waals surface area contributed by atoms with Gasteiger partial charge < -0.3 is 14.4 Å². The van der Waals surface area contributed by atoms with Crippen molar-refractivity contribution in [2.45, 2.75) is 13.0 Å². The summed E-state index contributed by atoms with van der Waals surface area (Å²) >= 11 is 0. The molecule has 0 aliphatic carbocycles. The van der Waals surface area contributed by atoms with E-state index in [2.05, 4.69) is 17.0 Å². The first-order valence-corrected chi connectivity index (χ1v) is 8.94. The first-order valence-electron chi connectivity index (χ1n) is 8.94. The third-order valence-electron chi connectivity index (χ3n) is 4.82. The molecular weight excluding hydrogens is 328 g/mol. The van der Waals surface area contributed by atoms with E-state index in [1.807, 2.05) is 41.3 Å². The quantitative estimate of drug-likeness (QED) is 0.800. The zero-order chi connectivity index (χ0) is 18.4. The van der Waals surface area contributed by atoms with Crippen LogP contribution in [0.15, 0.2) is 48.5 Å². The summed E-state index contributed by atoms with van der Waals surface area (Å²) in [7, 11) is 3.32. The van der Waals surface area contributed by atoms with E-state index >= 15 is 0 Å². The van der Waals surface area contributed by atoms with E-state index in [0.29, 0.717) is 6.42 Å². The van der Waals surface area contributed by atoms with Crippen LogP contribution in [-0.2, 0) is 17.8 Å². The van der Waals surface area contributed by atoms with Gasteiger partial charge in [0.15, 0.2) is 0 Å². The van der Waals surface area contributed by atoms with Crippen LogP contribution in [0.4, 0.5) is 0 Å². The van der Waals surface area contributed by atoms with Crippen LogP contribution in [0, 0.1) is 0 Å². The SMILES string of the molecule is COc1ccc(CN2CCN(C(=O)Cc3ccccc3OC)CC2)cc1. The summed E-state index contributed by atoms with van der Waals surface area (Å²) in [6.07, 6.45) is 0.391. The molecule has 0 spiro atoms. The Bertz CT molecular complexity index is 722. The molecule has 0 bridgehead atoms. The molecule has 26 heavy (non-hydrogen) atoms. The summed E-state index contributed by atoms with van der Waals surface area (Å²) in [5, 5.41) is 0. The Morgan fingerprint density at radius 1 is 0.923 bits per heavy atom. The van der Waals surface area contributed by atoms with Gasteiger partial charge in [-0.05, 0) is 23.8 Å². The van der Waals surface area contributed by atoms with Crippen molar-refractivity contribution in [3.8, 4) is 11.5 Å². The summed E-state index contributed by atoms with van der Waals surface area (Å²) < 4.78 is 10.5. The highest BCUT2D eigenvalue weighted by Crippen LogP contribution is 2.19. The van der Waals surface area contributed by atoms with Crippen LogP contribution in [0.2, 0.25) is 0 Å².